The second kappa shape index (κ2) is 7.40. The molecule has 2 aromatic rings. The minimum Gasteiger partial charge on any atom is -0.375 e. The molecule has 1 aliphatic carbocycles. The van der Waals surface area contributed by atoms with Crippen LogP contribution in [-0.4, -0.2) is 58.8 Å². The summed E-state index contributed by atoms with van der Waals surface area (Å²) >= 11 is 0. The van der Waals surface area contributed by atoms with Crippen molar-refractivity contribution < 1.29 is 4.74 Å². The number of morpholine rings is 1. The molecule has 0 bridgehead atoms. The number of hydrogen-bond acceptors (Lipinski definition) is 8. The van der Waals surface area contributed by atoms with Crippen LogP contribution in [0.2, 0.25) is 0 Å². The van der Waals surface area contributed by atoms with E-state index in [0.29, 0.717) is 5.41 Å². The third-order valence-electron chi connectivity index (χ3n) is 6.65. The first-order chi connectivity index (χ1) is 14.1. The number of ether oxygens (including phenoxy) is 1. The van der Waals surface area contributed by atoms with E-state index in [1.807, 2.05) is 6.07 Å². The van der Waals surface area contributed by atoms with Gasteiger partial charge >= 0.3 is 0 Å². The van der Waals surface area contributed by atoms with E-state index in [9.17, 15) is 0 Å². The molecule has 2 N–H and O–H groups in total. The maximum Gasteiger partial charge on any atom is 0.227 e. The van der Waals surface area contributed by atoms with Gasteiger partial charge in [-0.2, -0.15) is 4.98 Å². The first-order valence-electron chi connectivity index (χ1n) is 10.7. The van der Waals surface area contributed by atoms with Crippen molar-refractivity contribution >= 4 is 17.7 Å². The number of rotatable bonds is 4. The van der Waals surface area contributed by atoms with Gasteiger partial charge in [-0.25, -0.2) is 15.0 Å². The van der Waals surface area contributed by atoms with Crippen LogP contribution in [0, 0.1) is 5.41 Å². The van der Waals surface area contributed by atoms with Gasteiger partial charge in [0.05, 0.1) is 18.4 Å². The highest BCUT2D eigenvalue weighted by molar-refractivity contribution is 5.64. The van der Waals surface area contributed by atoms with Gasteiger partial charge in [-0.3, -0.25) is 0 Å². The van der Waals surface area contributed by atoms with Crippen LogP contribution in [-0.2, 0) is 4.74 Å². The second-order valence-electron chi connectivity index (χ2n) is 8.58. The lowest BCUT2D eigenvalue weighted by Crippen LogP contribution is -2.43. The largest absolute Gasteiger partial charge is 0.375 e. The summed E-state index contributed by atoms with van der Waals surface area (Å²) in [7, 11) is 0. The molecule has 154 valence electrons. The van der Waals surface area contributed by atoms with E-state index in [0.717, 1.165) is 62.2 Å². The van der Waals surface area contributed by atoms with Crippen LogP contribution in [0.3, 0.4) is 0 Å². The molecular weight excluding hydrogens is 366 g/mol. The van der Waals surface area contributed by atoms with Gasteiger partial charge in [0.2, 0.25) is 11.9 Å². The monoisotopic (exact) mass is 395 g/mol. The van der Waals surface area contributed by atoms with Gasteiger partial charge in [0.15, 0.2) is 0 Å². The van der Waals surface area contributed by atoms with Gasteiger partial charge in [-0.1, -0.05) is 6.92 Å². The fourth-order valence-corrected chi connectivity index (χ4v) is 4.38. The van der Waals surface area contributed by atoms with Crippen LogP contribution in [0.5, 0.6) is 0 Å². The van der Waals surface area contributed by atoms with Crippen molar-refractivity contribution in [2.75, 3.05) is 48.3 Å². The Morgan fingerprint density at radius 3 is 2.52 bits per heavy atom. The van der Waals surface area contributed by atoms with Crippen molar-refractivity contribution in [3.63, 3.8) is 0 Å². The topological polar surface area (TPSA) is 93.3 Å². The highest BCUT2D eigenvalue weighted by Gasteiger charge is 2.44. The molecule has 0 amide bonds. The van der Waals surface area contributed by atoms with Crippen molar-refractivity contribution in [2.24, 2.45) is 5.41 Å². The summed E-state index contributed by atoms with van der Waals surface area (Å²) in [5.41, 5.74) is 8.01. The maximum absolute atomic E-state index is 5.85. The fourth-order valence-electron chi connectivity index (χ4n) is 4.38. The van der Waals surface area contributed by atoms with Crippen LogP contribution in [0.15, 0.2) is 18.5 Å². The Bertz CT molecular complexity index is 858. The van der Waals surface area contributed by atoms with E-state index < -0.39 is 0 Å². The predicted octanol–water partition coefficient (Wildman–Crippen LogP) is 2.51. The average molecular weight is 396 g/mol. The lowest BCUT2D eigenvalue weighted by atomic mass is 9.94. The smallest absolute Gasteiger partial charge is 0.227 e. The Labute approximate surface area is 171 Å². The summed E-state index contributed by atoms with van der Waals surface area (Å²) in [4.78, 5) is 22.8. The molecule has 8 heteroatoms. The normalized spacial score (nSPS) is 23.4. The molecule has 2 aliphatic heterocycles. The first kappa shape index (κ1) is 18.5. The van der Waals surface area contributed by atoms with Crippen LogP contribution in [0.4, 0.5) is 17.7 Å². The molecule has 0 aromatic carbocycles. The Balaban J connectivity index is 1.48. The van der Waals surface area contributed by atoms with Gasteiger partial charge in [0.25, 0.3) is 0 Å². The van der Waals surface area contributed by atoms with Gasteiger partial charge in [-0.15, -0.1) is 0 Å². The van der Waals surface area contributed by atoms with E-state index >= 15 is 0 Å². The summed E-state index contributed by atoms with van der Waals surface area (Å²) in [6.45, 7) is 6.65. The zero-order valence-corrected chi connectivity index (χ0v) is 17.0. The number of hydrogen-bond donors (Lipinski definition) is 1. The molecule has 2 saturated heterocycles. The van der Waals surface area contributed by atoms with E-state index in [4.69, 9.17) is 20.4 Å². The highest BCUT2D eigenvalue weighted by Crippen LogP contribution is 2.53. The molecule has 1 spiro atoms. The zero-order valence-electron chi connectivity index (χ0n) is 17.0. The molecule has 0 radical (unpaired) electrons. The van der Waals surface area contributed by atoms with E-state index in [1.165, 1.54) is 25.7 Å². The number of nitrogen functional groups attached to an aromatic ring is 1. The number of aromatic nitrogens is 4. The van der Waals surface area contributed by atoms with E-state index in [1.54, 1.807) is 12.4 Å². The van der Waals surface area contributed by atoms with Gasteiger partial charge in [-0.05, 0) is 37.5 Å². The summed E-state index contributed by atoms with van der Waals surface area (Å²) in [6, 6.07) is 2.04. The van der Waals surface area contributed by atoms with Crippen LogP contribution >= 0.6 is 0 Å². The van der Waals surface area contributed by atoms with Crippen molar-refractivity contribution in [1.29, 1.82) is 0 Å². The number of anilines is 3. The third kappa shape index (κ3) is 3.85. The minimum atomic E-state index is 0.246. The molecule has 4 heterocycles. The van der Waals surface area contributed by atoms with E-state index in [-0.39, 0.29) is 12.1 Å². The lowest BCUT2D eigenvalue weighted by Gasteiger charge is -2.35. The summed E-state index contributed by atoms with van der Waals surface area (Å²) in [6.07, 6.45) is 10.00. The molecule has 3 aliphatic rings. The highest BCUT2D eigenvalue weighted by atomic mass is 16.5. The molecule has 1 atom stereocenters. The summed E-state index contributed by atoms with van der Waals surface area (Å²) in [5, 5.41) is 0. The molecule has 29 heavy (non-hydrogen) atoms. The zero-order chi connectivity index (χ0) is 19.8. The molecule has 1 saturated carbocycles. The van der Waals surface area contributed by atoms with Crippen molar-refractivity contribution in [1.82, 2.24) is 19.9 Å². The third-order valence-corrected chi connectivity index (χ3v) is 6.65. The molecule has 0 unspecified atom stereocenters. The quantitative estimate of drug-likeness (QED) is 0.844. The Morgan fingerprint density at radius 1 is 1.07 bits per heavy atom. The summed E-state index contributed by atoms with van der Waals surface area (Å²) in [5.74, 6) is 2.03. The van der Waals surface area contributed by atoms with Gasteiger partial charge in [0, 0.05) is 50.2 Å². The van der Waals surface area contributed by atoms with E-state index in [2.05, 4.69) is 26.7 Å². The Kier molecular flexibility index (Phi) is 4.73. The SMILES string of the molecule is CC[C@H]1CN(c2cc(-c3cnc(N)nc3)nc(N3CCC4(CC3)CC4)n2)CCO1. The maximum atomic E-state index is 5.85. The molecule has 3 fully saturated rings. The molecule has 8 nitrogen and oxygen atoms in total. The summed E-state index contributed by atoms with van der Waals surface area (Å²) < 4.78 is 5.85. The molecule has 2 aromatic heterocycles. The minimum absolute atomic E-state index is 0.246. The molecule has 5 rings (SSSR count). The second-order valence-corrected chi connectivity index (χ2v) is 8.58. The molecular formula is C21H29N7O. The predicted molar refractivity (Wildman–Crippen MR) is 113 cm³/mol. The van der Waals surface area contributed by atoms with Crippen LogP contribution in [0.1, 0.15) is 39.0 Å². The van der Waals surface area contributed by atoms with Crippen LogP contribution < -0.4 is 15.5 Å². The lowest BCUT2D eigenvalue weighted by molar-refractivity contribution is 0.0381. The van der Waals surface area contributed by atoms with Crippen molar-refractivity contribution in [3.8, 4) is 11.3 Å². The van der Waals surface area contributed by atoms with Crippen molar-refractivity contribution in [3.05, 3.63) is 18.5 Å². The van der Waals surface area contributed by atoms with Crippen molar-refractivity contribution in [2.45, 2.75) is 45.1 Å². The van der Waals surface area contributed by atoms with Gasteiger partial charge < -0.3 is 20.3 Å². The Hall–Kier alpha value is -2.48. The number of piperidine rings is 1. The number of nitrogens with zero attached hydrogens (tertiary/aromatic N) is 6. The first-order valence-corrected chi connectivity index (χ1v) is 10.7. The van der Waals surface area contributed by atoms with Crippen LogP contribution in [0.25, 0.3) is 11.3 Å². The number of nitrogens with two attached hydrogens (primary N) is 1. The Morgan fingerprint density at radius 2 is 1.83 bits per heavy atom. The standard InChI is InChI=1S/C21H29N7O/c1-2-16-14-28(9-10-29-16)18-11-17(15-12-23-19(22)24-13-15)25-20(26-18)27-7-5-21(3-4-21)6-8-27/h11-13,16H,2-10,14H2,1H3,(H2,22,23,24)/t16-/m0/s1. The fraction of sp³-hybridized carbons (Fsp3) is 0.619. The van der Waals surface area contributed by atoms with Gasteiger partial charge in [0.1, 0.15) is 5.82 Å². The average Bonchev–Trinajstić information content (AvgIpc) is 3.53.